The number of aromatic nitrogens is 1. The third kappa shape index (κ3) is 2.51. The predicted octanol–water partition coefficient (Wildman–Crippen LogP) is 3.23. The van der Waals surface area contributed by atoms with E-state index in [0.717, 1.165) is 0 Å². The van der Waals surface area contributed by atoms with Crippen LogP contribution in [0.1, 0.15) is 16.1 Å². The average molecular weight is 340 g/mol. The smallest absolute Gasteiger partial charge is 0.218 e. The lowest BCUT2D eigenvalue weighted by molar-refractivity contribution is 0.102. The summed E-state index contributed by atoms with van der Waals surface area (Å²) in [5.41, 5.74) is -0.0411. The van der Waals surface area contributed by atoms with Gasteiger partial charge >= 0.3 is 0 Å². The van der Waals surface area contributed by atoms with E-state index < -0.39 is 11.6 Å². The van der Waals surface area contributed by atoms with E-state index in [0.29, 0.717) is 10.2 Å². The van der Waals surface area contributed by atoms with Crippen molar-refractivity contribution >= 4 is 21.7 Å². The van der Waals surface area contributed by atoms with Crippen molar-refractivity contribution in [2.24, 2.45) is 0 Å². The van der Waals surface area contributed by atoms with Gasteiger partial charge in [-0.3, -0.25) is 4.79 Å². The molecule has 4 nitrogen and oxygen atoms in total. The first-order valence-electron chi connectivity index (χ1n) is 5.65. The van der Waals surface area contributed by atoms with Crippen LogP contribution in [0.25, 0.3) is 0 Å². The minimum Gasteiger partial charge on any atom is -0.495 e. The lowest BCUT2D eigenvalue weighted by Gasteiger charge is -2.12. The van der Waals surface area contributed by atoms with Crippen molar-refractivity contribution in [2.75, 3.05) is 14.2 Å². The van der Waals surface area contributed by atoms with E-state index in [1.54, 1.807) is 6.07 Å². The molecule has 0 fully saturated rings. The summed E-state index contributed by atoms with van der Waals surface area (Å²) in [7, 11) is 2.92. The molecule has 2 rings (SSSR count). The second kappa shape index (κ2) is 6.00. The van der Waals surface area contributed by atoms with E-state index in [1.165, 1.54) is 38.6 Å². The molecule has 0 aliphatic carbocycles. The van der Waals surface area contributed by atoms with Crippen LogP contribution in [0.3, 0.4) is 0 Å². The van der Waals surface area contributed by atoms with Gasteiger partial charge in [0.05, 0.1) is 19.8 Å². The van der Waals surface area contributed by atoms with Crippen LogP contribution in [-0.2, 0) is 0 Å². The summed E-state index contributed by atoms with van der Waals surface area (Å²) < 4.78 is 24.5. The lowest BCUT2D eigenvalue weighted by atomic mass is 10.1. The predicted molar refractivity (Wildman–Crippen MR) is 74.9 cm³/mol. The fourth-order valence-electron chi connectivity index (χ4n) is 1.75. The van der Waals surface area contributed by atoms with E-state index in [2.05, 4.69) is 20.9 Å². The molecule has 104 valence electrons. The Balaban J connectivity index is 2.56. The van der Waals surface area contributed by atoms with Crippen molar-refractivity contribution in [3.05, 3.63) is 52.0 Å². The topological polar surface area (TPSA) is 48.4 Å². The second-order valence-electron chi connectivity index (χ2n) is 3.83. The number of hydrogen-bond acceptors (Lipinski definition) is 4. The summed E-state index contributed by atoms with van der Waals surface area (Å²) in [4.78, 5) is 16.1. The summed E-state index contributed by atoms with van der Waals surface area (Å²) in [5.74, 6) is -0.436. The standard InChI is InChI=1S/C14H11BrFNO3/c1-19-10-6-5-8(14(20-2)11(10)15)13(18)12-9(16)4-3-7-17-12/h3-7H,1-2H3. The fraction of sp³-hybridized carbons (Fsp3) is 0.143. The zero-order chi connectivity index (χ0) is 14.7. The highest BCUT2D eigenvalue weighted by molar-refractivity contribution is 9.10. The number of benzene rings is 1. The maximum atomic E-state index is 13.6. The average Bonchev–Trinajstić information content (AvgIpc) is 2.46. The molecule has 2 aromatic rings. The molecule has 0 aliphatic rings. The van der Waals surface area contributed by atoms with Gasteiger partial charge in [-0.2, -0.15) is 0 Å². The van der Waals surface area contributed by atoms with E-state index in [1.807, 2.05) is 0 Å². The van der Waals surface area contributed by atoms with Crippen molar-refractivity contribution in [3.63, 3.8) is 0 Å². The van der Waals surface area contributed by atoms with Crippen LogP contribution in [0.4, 0.5) is 4.39 Å². The molecule has 0 N–H and O–H groups in total. The Labute approximate surface area is 123 Å². The van der Waals surface area contributed by atoms with Gasteiger partial charge in [0.1, 0.15) is 21.7 Å². The summed E-state index contributed by atoms with van der Waals surface area (Å²) in [6, 6.07) is 5.72. The van der Waals surface area contributed by atoms with Crippen LogP contribution in [0.2, 0.25) is 0 Å². The normalized spacial score (nSPS) is 10.2. The summed E-state index contributed by atoms with van der Waals surface area (Å²) in [6.45, 7) is 0. The van der Waals surface area contributed by atoms with Gasteiger partial charge in [0.2, 0.25) is 5.78 Å². The molecule has 0 spiro atoms. The van der Waals surface area contributed by atoms with Gasteiger partial charge < -0.3 is 9.47 Å². The minimum absolute atomic E-state index is 0.206. The van der Waals surface area contributed by atoms with Gasteiger partial charge in [-0.1, -0.05) is 0 Å². The SMILES string of the molecule is COc1ccc(C(=O)c2ncccc2F)c(OC)c1Br. The van der Waals surface area contributed by atoms with Crippen LogP contribution in [0.15, 0.2) is 34.9 Å². The van der Waals surface area contributed by atoms with Gasteiger partial charge in [0, 0.05) is 6.20 Å². The summed E-state index contributed by atoms with van der Waals surface area (Å²) >= 11 is 3.30. The highest BCUT2D eigenvalue weighted by atomic mass is 79.9. The molecule has 0 saturated heterocycles. The molecule has 0 aliphatic heterocycles. The lowest BCUT2D eigenvalue weighted by Crippen LogP contribution is -2.09. The Kier molecular flexibility index (Phi) is 4.34. The number of ketones is 1. The van der Waals surface area contributed by atoms with E-state index in [9.17, 15) is 9.18 Å². The molecule has 20 heavy (non-hydrogen) atoms. The van der Waals surface area contributed by atoms with E-state index in [-0.39, 0.29) is 17.0 Å². The van der Waals surface area contributed by atoms with E-state index in [4.69, 9.17) is 9.47 Å². The number of rotatable bonds is 4. The number of pyridine rings is 1. The number of hydrogen-bond donors (Lipinski definition) is 0. The Bertz CT molecular complexity index is 661. The molecule has 0 atom stereocenters. The molecule has 0 saturated carbocycles. The molecule has 0 unspecified atom stereocenters. The number of halogens is 2. The largest absolute Gasteiger partial charge is 0.495 e. The Morgan fingerprint density at radius 1 is 1.25 bits per heavy atom. The van der Waals surface area contributed by atoms with Gasteiger partial charge in [-0.15, -0.1) is 0 Å². The monoisotopic (exact) mass is 339 g/mol. The van der Waals surface area contributed by atoms with Gasteiger partial charge in [-0.25, -0.2) is 9.37 Å². The molecule has 0 amide bonds. The van der Waals surface area contributed by atoms with Crippen molar-refractivity contribution in [1.82, 2.24) is 4.98 Å². The fourth-order valence-corrected chi connectivity index (χ4v) is 2.42. The number of nitrogens with zero attached hydrogens (tertiary/aromatic N) is 1. The van der Waals surface area contributed by atoms with Crippen molar-refractivity contribution < 1.29 is 18.7 Å². The van der Waals surface area contributed by atoms with Crippen LogP contribution >= 0.6 is 15.9 Å². The molecule has 0 bridgehead atoms. The first kappa shape index (κ1) is 14.5. The Morgan fingerprint density at radius 3 is 2.60 bits per heavy atom. The number of carbonyl (C=O) groups excluding carboxylic acids is 1. The van der Waals surface area contributed by atoms with Crippen LogP contribution < -0.4 is 9.47 Å². The number of ether oxygens (including phenoxy) is 2. The second-order valence-corrected chi connectivity index (χ2v) is 4.62. The highest BCUT2D eigenvalue weighted by Crippen LogP contribution is 2.37. The molecular formula is C14H11BrFNO3. The zero-order valence-electron chi connectivity index (χ0n) is 10.8. The number of methoxy groups -OCH3 is 2. The molecule has 6 heteroatoms. The Morgan fingerprint density at radius 2 is 2.00 bits per heavy atom. The van der Waals surface area contributed by atoms with Crippen LogP contribution in [0, 0.1) is 5.82 Å². The van der Waals surface area contributed by atoms with Crippen LogP contribution in [-0.4, -0.2) is 25.0 Å². The molecule has 0 radical (unpaired) electrons. The van der Waals surface area contributed by atoms with Gasteiger partial charge in [0.25, 0.3) is 0 Å². The summed E-state index contributed by atoms with van der Waals surface area (Å²) in [6.07, 6.45) is 1.36. The zero-order valence-corrected chi connectivity index (χ0v) is 12.4. The van der Waals surface area contributed by atoms with Crippen LogP contribution in [0.5, 0.6) is 11.5 Å². The van der Waals surface area contributed by atoms with Crippen molar-refractivity contribution in [3.8, 4) is 11.5 Å². The van der Waals surface area contributed by atoms with E-state index >= 15 is 0 Å². The third-order valence-corrected chi connectivity index (χ3v) is 3.45. The first-order chi connectivity index (χ1) is 9.60. The Hall–Kier alpha value is -1.95. The molecular weight excluding hydrogens is 329 g/mol. The highest BCUT2D eigenvalue weighted by Gasteiger charge is 2.22. The quantitative estimate of drug-likeness (QED) is 0.802. The maximum absolute atomic E-state index is 13.6. The molecule has 1 aromatic carbocycles. The molecule has 1 aromatic heterocycles. The van der Waals surface area contributed by atoms with Gasteiger partial charge in [0.15, 0.2) is 5.82 Å². The maximum Gasteiger partial charge on any atom is 0.218 e. The number of carbonyl (C=O) groups is 1. The molecule has 1 heterocycles. The minimum atomic E-state index is -0.675. The van der Waals surface area contributed by atoms with Crippen molar-refractivity contribution in [1.29, 1.82) is 0 Å². The third-order valence-electron chi connectivity index (χ3n) is 2.70. The first-order valence-corrected chi connectivity index (χ1v) is 6.45. The summed E-state index contributed by atoms with van der Waals surface area (Å²) in [5, 5.41) is 0. The van der Waals surface area contributed by atoms with Crippen molar-refractivity contribution in [2.45, 2.75) is 0 Å². The van der Waals surface area contributed by atoms with Gasteiger partial charge in [-0.05, 0) is 40.2 Å².